The number of amides is 3. The fourth-order valence-corrected chi connectivity index (χ4v) is 4.52. The molecule has 29 heavy (non-hydrogen) atoms. The fourth-order valence-electron chi connectivity index (χ4n) is 2.88. The number of benzene rings is 1. The number of nitrogens with zero attached hydrogens (tertiary/aromatic N) is 1. The normalized spacial score (nSPS) is 17.6. The maximum atomic E-state index is 12.9. The van der Waals surface area contributed by atoms with E-state index in [0.717, 1.165) is 9.87 Å². The van der Waals surface area contributed by atoms with Crippen molar-refractivity contribution < 1.29 is 27.5 Å². The molecule has 1 fully saturated rings. The van der Waals surface area contributed by atoms with Crippen molar-refractivity contribution in [2.45, 2.75) is 57.0 Å². The van der Waals surface area contributed by atoms with Crippen LogP contribution in [0.5, 0.6) is 0 Å². The number of hydrogen-bond donors (Lipinski definition) is 2. The highest BCUT2D eigenvalue weighted by molar-refractivity contribution is 7.89. The van der Waals surface area contributed by atoms with E-state index >= 15 is 0 Å². The molecule has 1 saturated heterocycles. The second kappa shape index (κ2) is 8.91. The third-order valence-corrected chi connectivity index (χ3v) is 6.11. The summed E-state index contributed by atoms with van der Waals surface area (Å²) in [5.41, 5.74) is 0.387. The molecule has 0 aromatic heterocycles. The summed E-state index contributed by atoms with van der Waals surface area (Å²) in [6.07, 6.45) is 0.807. The molecule has 1 aliphatic heterocycles. The van der Waals surface area contributed by atoms with Crippen LogP contribution < -0.4 is 10.6 Å². The molecular weight excluding hydrogens is 398 g/mol. The first kappa shape index (κ1) is 22.8. The molecule has 160 valence electrons. The molecule has 0 spiro atoms. The molecule has 1 aromatic rings. The van der Waals surface area contributed by atoms with Crippen LogP contribution in [0.4, 0.5) is 4.79 Å². The lowest BCUT2D eigenvalue weighted by Crippen LogP contribution is -2.49. The third kappa shape index (κ3) is 6.26. The Bertz CT molecular complexity index is 874. The van der Waals surface area contributed by atoms with E-state index in [9.17, 15) is 22.8 Å². The summed E-state index contributed by atoms with van der Waals surface area (Å²) in [6, 6.07) is 4.65. The number of hydrogen-bond acceptors (Lipinski definition) is 6. The number of carbonyl (C=O) groups is 3. The predicted octanol–water partition coefficient (Wildman–Crippen LogP) is 1.32. The van der Waals surface area contributed by atoms with Crippen LogP contribution in [0.2, 0.25) is 0 Å². The van der Waals surface area contributed by atoms with Gasteiger partial charge in [0.1, 0.15) is 6.04 Å². The Morgan fingerprint density at radius 2 is 1.79 bits per heavy atom. The van der Waals surface area contributed by atoms with Gasteiger partial charge in [-0.15, -0.1) is 0 Å². The van der Waals surface area contributed by atoms with Gasteiger partial charge in [-0.3, -0.25) is 14.9 Å². The van der Waals surface area contributed by atoms with Gasteiger partial charge in [-0.25, -0.2) is 13.2 Å². The highest BCUT2D eigenvalue weighted by atomic mass is 32.2. The third-order valence-electron chi connectivity index (χ3n) is 4.19. The molecule has 1 atom stereocenters. The molecule has 0 aliphatic carbocycles. The zero-order valence-corrected chi connectivity index (χ0v) is 17.8. The van der Waals surface area contributed by atoms with Crippen LogP contribution >= 0.6 is 0 Å². The Labute approximate surface area is 170 Å². The Hall–Kier alpha value is -2.46. The van der Waals surface area contributed by atoms with E-state index in [1.807, 2.05) is 6.92 Å². The molecule has 9 nitrogen and oxygen atoms in total. The summed E-state index contributed by atoms with van der Waals surface area (Å²) < 4.78 is 31.8. The molecule has 2 rings (SSSR count). The quantitative estimate of drug-likeness (QED) is 0.686. The van der Waals surface area contributed by atoms with Crippen molar-refractivity contribution in [1.29, 1.82) is 0 Å². The van der Waals surface area contributed by atoms with E-state index < -0.39 is 46.1 Å². The molecule has 1 unspecified atom stereocenters. The first-order chi connectivity index (χ1) is 13.4. The topological polar surface area (TPSA) is 122 Å². The molecule has 2 N–H and O–H groups in total. The number of aryl methyl sites for hydroxylation is 1. The summed E-state index contributed by atoms with van der Waals surface area (Å²) in [6.45, 7) is 6.61. The van der Waals surface area contributed by atoms with Gasteiger partial charge in [0.2, 0.25) is 10.0 Å². The zero-order chi connectivity index (χ0) is 21.8. The SMILES string of the molecule is Cc1ccc(S(=O)(=O)N2CCCC2C(=O)OCC(=O)NC(=O)NC(C)(C)C)cc1. The average molecular weight is 426 g/mol. The van der Waals surface area contributed by atoms with Crippen LogP contribution in [-0.4, -0.2) is 55.4 Å². The van der Waals surface area contributed by atoms with Gasteiger partial charge in [0.05, 0.1) is 4.90 Å². The van der Waals surface area contributed by atoms with Crippen molar-refractivity contribution >= 4 is 27.9 Å². The number of esters is 1. The number of imide groups is 1. The Morgan fingerprint density at radius 3 is 2.38 bits per heavy atom. The molecule has 1 heterocycles. The van der Waals surface area contributed by atoms with Gasteiger partial charge < -0.3 is 10.1 Å². The first-order valence-corrected chi connectivity index (χ1v) is 10.7. The van der Waals surface area contributed by atoms with Crippen molar-refractivity contribution in [3.63, 3.8) is 0 Å². The molecular formula is C19H27N3O6S. The monoisotopic (exact) mass is 425 g/mol. The molecule has 1 aromatic carbocycles. The minimum Gasteiger partial charge on any atom is -0.454 e. The lowest BCUT2D eigenvalue weighted by Gasteiger charge is -2.23. The van der Waals surface area contributed by atoms with Gasteiger partial charge in [0.25, 0.3) is 5.91 Å². The molecule has 10 heteroatoms. The number of carbonyl (C=O) groups excluding carboxylic acids is 3. The highest BCUT2D eigenvalue weighted by Crippen LogP contribution is 2.27. The minimum atomic E-state index is -3.86. The number of sulfonamides is 1. The summed E-state index contributed by atoms with van der Waals surface area (Å²) in [5, 5.41) is 4.60. The smallest absolute Gasteiger partial charge is 0.324 e. The van der Waals surface area contributed by atoms with Gasteiger partial charge >= 0.3 is 12.0 Å². The maximum Gasteiger partial charge on any atom is 0.324 e. The minimum absolute atomic E-state index is 0.0967. The molecule has 3 amide bonds. The number of ether oxygens (including phenoxy) is 1. The van der Waals surface area contributed by atoms with E-state index in [1.54, 1.807) is 32.9 Å². The maximum absolute atomic E-state index is 12.9. The Morgan fingerprint density at radius 1 is 1.17 bits per heavy atom. The number of rotatable bonds is 5. The van der Waals surface area contributed by atoms with E-state index in [-0.39, 0.29) is 11.4 Å². The molecule has 1 aliphatic rings. The largest absolute Gasteiger partial charge is 0.454 e. The van der Waals surface area contributed by atoms with E-state index in [2.05, 4.69) is 10.6 Å². The lowest BCUT2D eigenvalue weighted by atomic mass is 10.1. The van der Waals surface area contributed by atoms with Crippen molar-refractivity contribution in [3.8, 4) is 0 Å². The highest BCUT2D eigenvalue weighted by Gasteiger charge is 2.40. The Balaban J connectivity index is 1.97. The Kier molecular flexibility index (Phi) is 7.02. The molecule has 0 saturated carbocycles. The number of nitrogens with one attached hydrogen (secondary N) is 2. The molecule has 0 radical (unpaired) electrons. The van der Waals surface area contributed by atoms with Crippen molar-refractivity contribution in [2.24, 2.45) is 0 Å². The predicted molar refractivity (Wildman–Crippen MR) is 105 cm³/mol. The average Bonchev–Trinajstić information content (AvgIpc) is 3.09. The fraction of sp³-hybridized carbons (Fsp3) is 0.526. The van der Waals surface area contributed by atoms with Crippen LogP contribution in [0.1, 0.15) is 39.2 Å². The van der Waals surface area contributed by atoms with Crippen LogP contribution in [0.3, 0.4) is 0 Å². The zero-order valence-electron chi connectivity index (χ0n) is 17.0. The summed E-state index contributed by atoms with van der Waals surface area (Å²) in [4.78, 5) is 36.0. The van der Waals surface area contributed by atoms with Crippen molar-refractivity contribution in [3.05, 3.63) is 29.8 Å². The van der Waals surface area contributed by atoms with Crippen LogP contribution in [0.15, 0.2) is 29.2 Å². The molecule has 0 bridgehead atoms. The lowest BCUT2D eigenvalue weighted by molar-refractivity contribution is -0.151. The van der Waals surface area contributed by atoms with Crippen molar-refractivity contribution in [2.75, 3.05) is 13.2 Å². The van der Waals surface area contributed by atoms with Gasteiger partial charge in [-0.2, -0.15) is 4.31 Å². The van der Waals surface area contributed by atoms with Gasteiger partial charge in [-0.1, -0.05) is 17.7 Å². The summed E-state index contributed by atoms with van der Waals surface area (Å²) in [7, 11) is -3.86. The van der Waals surface area contributed by atoms with Crippen molar-refractivity contribution in [1.82, 2.24) is 14.9 Å². The second-order valence-corrected chi connectivity index (χ2v) is 9.84. The van der Waals surface area contributed by atoms with E-state index in [0.29, 0.717) is 12.8 Å². The van der Waals surface area contributed by atoms with Gasteiger partial charge in [-0.05, 0) is 52.7 Å². The number of urea groups is 1. The van der Waals surface area contributed by atoms with Crippen LogP contribution in [-0.2, 0) is 24.3 Å². The van der Waals surface area contributed by atoms with Gasteiger partial charge in [0.15, 0.2) is 6.61 Å². The summed E-state index contributed by atoms with van der Waals surface area (Å²) >= 11 is 0. The standard InChI is InChI=1S/C19H27N3O6S/c1-13-7-9-14(10-8-13)29(26,27)22-11-5-6-15(22)17(24)28-12-16(23)20-18(25)21-19(2,3)4/h7-10,15H,5-6,11-12H2,1-4H3,(H2,20,21,23,25). The van der Waals surface area contributed by atoms with Crippen LogP contribution in [0, 0.1) is 6.92 Å². The first-order valence-electron chi connectivity index (χ1n) is 9.27. The van der Waals surface area contributed by atoms with E-state index in [1.165, 1.54) is 12.1 Å². The van der Waals surface area contributed by atoms with Crippen LogP contribution in [0.25, 0.3) is 0 Å². The van der Waals surface area contributed by atoms with Gasteiger partial charge in [0, 0.05) is 12.1 Å². The van der Waals surface area contributed by atoms with E-state index in [4.69, 9.17) is 4.74 Å². The second-order valence-electron chi connectivity index (χ2n) is 7.95. The summed E-state index contributed by atoms with van der Waals surface area (Å²) in [5.74, 6) is -1.62.